The number of hydrogen-bond acceptors (Lipinski definition) is 6. The minimum atomic E-state index is 0.0524. The Balaban J connectivity index is 0.000000327. The maximum Gasteiger partial charge on any atom is 0.134 e. The van der Waals surface area contributed by atoms with Crippen LogP contribution in [0.3, 0.4) is 0 Å². The summed E-state index contributed by atoms with van der Waals surface area (Å²) < 4.78 is 0. The van der Waals surface area contributed by atoms with Gasteiger partial charge >= 0.3 is 0 Å². The molecule has 4 heterocycles. The molecule has 0 N–H and O–H groups in total. The van der Waals surface area contributed by atoms with E-state index in [0.717, 1.165) is 51.5 Å². The molecule has 6 nitrogen and oxygen atoms in total. The Labute approximate surface area is 300 Å². The molecule has 0 unspecified atom stereocenters. The van der Waals surface area contributed by atoms with Gasteiger partial charge in [0.1, 0.15) is 11.6 Å². The fraction of sp³-hybridized carbons (Fsp3) is 0.581. The monoisotopic (exact) mass is 669 g/mol. The quantitative estimate of drug-likeness (QED) is 0.186. The molecule has 49 heavy (non-hydrogen) atoms. The summed E-state index contributed by atoms with van der Waals surface area (Å²) in [5.74, 6) is 1.80. The average molecular weight is 669 g/mol. The van der Waals surface area contributed by atoms with Crippen molar-refractivity contribution in [3.05, 3.63) is 104 Å². The number of aromatic nitrogens is 6. The highest BCUT2D eigenvalue weighted by molar-refractivity contribution is 5.29. The molecule has 0 aliphatic rings. The smallest absolute Gasteiger partial charge is 0.134 e. The summed E-state index contributed by atoms with van der Waals surface area (Å²) in [6.45, 7) is 44.5. The van der Waals surface area contributed by atoms with Gasteiger partial charge in [-0.05, 0) is 115 Å². The molecular formula is C43H68N6. The molecule has 270 valence electrons. The predicted molar refractivity (Wildman–Crippen MR) is 210 cm³/mol. The van der Waals surface area contributed by atoms with Gasteiger partial charge in [-0.15, -0.1) is 0 Å². The van der Waals surface area contributed by atoms with Crippen LogP contribution in [0.15, 0.2) is 30.3 Å². The lowest BCUT2D eigenvalue weighted by Gasteiger charge is -2.21. The Morgan fingerprint density at radius 2 is 0.837 bits per heavy atom. The van der Waals surface area contributed by atoms with Gasteiger partial charge in [0.2, 0.25) is 0 Å². The number of nitrogens with zero attached hydrogens (tertiary/aromatic N) is 6. The maximum atomic E-state index is 4.51. The molecule has 0 aliphatic carbocycles. The van der Waals surface area contributed by atoms with Crippen LogP contribution in [-0.4, -0.2) is 29.9 Å². The van der Waals surface area contributed by atoms with Crippen molar-refractivity contribution in [1.29, 1.82) is 0 Å². The molecule has 4 rings (SSSR count). The van der Waals surface area contributed by atoms with Crippen molar-refractivity contribution in [3.63, 3.8) is 0 Å². The van der Waals surface area contributed by atoms with Crippen LogP contribution in [-0.2, 0) is 21.7 Å². The van der Waals surface area contributed by atoms with E-state index >= 15 is 0 Å². The zero-order chi connectivity index (χ0) is 38.3. The van der Waals surface area contributed by atoms with E-state index < -0.39 is 0 Å². The molecule has 0 atom stereocenters. The minimum absolute atomic E-state index is 0.0524. The highest BCUT2D eigenvalue weighted by Gasteiger charge is 2.20. The van der Waals surface area contributed by atoms with E-state index in [0.29, 0.717) is 0 Å². The van der Waals surface area contributed by atoms with E-state index in [4.69, 9.17) is 0 Å². The molecule has 6 heteroatoms. The fourth-order valence-corrected chi connectivity index (χ4v) is 5.05. The Bertz CT molecular complexity index is 1470. The van der Waals surface area contributed by atoms with Crippen molar-refractivity contribution in [1.82, 2.24) is 29.9 Å². The molecule has 0 aromatic carbocycles. The lowest BCUT2D eigenvalue weighted by molar-refractivity contribution is 0.540. The third kappa shape index (κ3) is 15.3. The van der Waals surface area contributed by atoms with Gasteiger partial charge in [0.05, 0.1) is 5.69 Å². The van der Waals surface area contributed by atoms with Gasteiger partial charge in [-0.25, -0.2) is 19.9 Å². The zero-order valence-corrected chi connectivity index (χ0v) is 35.1. The minimum Gasteiger partial charge on any atom is -0.258 e. The normalized spacial score (nSPS) is 11.8. The van der Waals surface area contributed by atoms with Gasteiger partial charge in [-0.3, -0.25) is 9.97 Å². The number of pyridine rings is 2. The third-order valence-corrected chi connectivity index (χ3v) is 7.68. The van der Waals surface area contributed by atoms with Crippen LogP contribution in [0.4, 0.5) is 0 Å². The van der Waals surface area contributed by atoms with E-state index in [2.05, 4.69) is 151 Å². The molecular weight excluding hydrogens is 601 g/mol. The highest BCUT2D eigenvalue weighted by atomic mass is 14.9. The van der Waals surface area contributed by atoms with Crippen LogP contribution in [0.25, 0.3) is 0 Å². The second-order valence-electron chi connectivity index (χ2n) is 17.6. The molecule has 4 aromatic rings. The molecule has 0 amide bonds. The molecule has 0 radical (unpaired) electrons. The van der Waals surface area contributed by atoms with Crippen molar-refractivity contribution in [3.8, 4) is 0 Å². The molecule has 0 saturated heterocycles. The molecule has 0 aliphatic heterocycles. The fourth-order valence-electron chi connectivity index (χ4n) is 5.05. The first kappa shape index (κ1) is 43.5. The maximum absolute atomic E-state index is 4.51. The Morgan fingerprint density at radius 1 is 0.388 bits per heavy atom. The SMILES string of the molecule is Cc1cc(C(C)(C)C)cc(C)n1.Cc1cc(C)nc(C(C)(C)C)c1.Cc1cc(C)nc(C(C)(C)C)n1.Cc1nc(C)c(C)c(C(C)(C)C)n1. The van der Waals surface area contributed by atoms with Crippen molar-refractivity contribution >= 4 is 0 Å². The Morgan fingerprint density at radius 3 is 1.22 bits per heavy atom. The summed E-state index contributed by atoms with van der Waals surface area (Å²) in [5.41, 5.74) is 13.3. The summed E-state index contributed by atoms with van der Waals surface area (Å²) in [6.07, 6.45) is 0. The van der Waals surface area contributed by atoms with Gasteiger partial charge in [0.25, 0.3) is 0 Å². The number of rotatable bonds is 0. The first-order valence-electron chi connectivity index (χ1n) is 17.6. The van der Waals surface area contributed by atoms with Crippen molar-refractivity contribution in [2.24, 2.45) is 0 Å². The van der Waals surface area contributed by atoms with Crippen LogP contribution in [0.2, 0.25) is 0 Å². The molecule has 0 saturated carbocycles. The topological polar surface area (TPSA) is 77.3 Å². The van der Waals surface area contributed by atoms with Crippen LogP contribution in [0, 0.1) is 62.3 Å². The first-order valence-corrected chi connectivity index (χ1v) is 17.6. The van der Waals surface area contributed by atoms with E-state index in [1.807, 2.05) is 54.5 Å². The number of aryl methyl sites for hydroxylation is 8. The summed E-state index contributed by atoms with van der Waals surface area (Å²) >= 11 is 0. The van der Waals surface area contributed by atoms with Gasteiger partial charge in [0, 0.05) is 56.1 Å². The number of hydrogen-bond donors (Lipinski definition) is 0. The standard InChI is InChI=1S/C11H18N2.2C11H17N.C10H16N2/c1-7-8(2)12-9(3)13-10(7)11(4,5)6;1-8-6-10(11(3,4)5)7-9(2)12-8;1-8-6-9(2)12-10(7-8)11(3,4)5;1-7-6-8(2)12-9(11-7)10(3,4)5/h1-6H3;2*6-7H,1-5H3;6H,1-5H3. The van der Waals surface area contributed by atoms with Gasteiger partial charge in [0.15, 0.2) is 0 Å². The van der Waals surface area contributed by atoms with Crippen molar-refractivity contribution in [2.75, 3.05) is 0 Å². The van der Waals surface area contributed by atoms with Crippen molar-refractivity contribution < 1.29 is 0 Å². The second kappa shape index (κ2) is 16.9. The average Bonchev–Trinajstić information content (AvgIpc) is 2.88. The van der Waals surface area contributed by atoms with Crippen LogP contribution < -0.4 is 0 Å². The predicted octanol–water partition coefficient (Wildman–Crippen LogP) is 11.1. The lowest BCUT2D eigenvalue weighted by Crippen LogP contribution is -2.17. The molecule has 0 fully saturated rings. The highest BCUT2D eigenvalue weighted by Crippen LogP contribution is 2.25. The molecule has 0 spiro atoms. The summed E-state index contributed by atoms with van der Waals surface area (Å²) in [6, 6.07) is 10.6. The van der Waals surface area contributed by atoms with Crippen LogP contribution >= 0.6 is 0 Å². The van der Waals surface area contributed by atoms with E-state index in [1.54, 1.807) is 0 Å². The summed E-state index contributed by atoms with van der Waals surface area (Å²) in [7, 11) is 0. The first-order chi connectivity index (χ1) is 22.0. The zero-order valence-electron chi connectivity index (χ0n) is 35.1. The largest absolute Gasteiger partial charge is 0.258 e. The van der Waals surface area contributed by atoms with E-state index in [-0.39, 0.29) is 21.7 Å². The second-order valence-corrected chi connectivity index (χ2v) is 17.6. The lowest BCUT2D eigenvalue weighted by atomic mass is 9.87. The van der Waals surface area contributed by atoms with Crippen LogP contribution in [0.5, 0.6) is 0 Å². The Hall–Kier alpha value is -3.54. The van der Waals surface area contributed by atoms with Gasteiger partial charge < -0.3 is 0 Å². The summed E-state index contributed by atoms with van der Waals surface area (Å²) in [5, 5.41) is 0. The van der Waals surface area contributed by atoms with E-state index in [1.165, 1.54) is 22.4 Å². The third-order valence-electron chi connectivity index (χ3n) is 7.68. The summed E-state index contributed by atoms with van der Waals surface area (Å²) in [4.78, 5) is 26.5. The molecule has 4 aromatic heterocycles. The molecule has 0 bridgehead atoms. The van der Waals surface area contributed by atoms with Gasteiger partial charge in [-0.1, -0.05) is 83.1 Å². The van der Waals surface area contributed by atoms with E-state index in [9.17, 15) is 0 Å². The van der Waals surface area contributed by atoms with Crippen molar-refractivity contribution in [2.45, 2.75) is 167 Å². The Kier molecular flexibility index (Phi) is 15.0. The van der Waals surface area contributed by atoms with Gasteiger partial charge in [-0.2, -0.15) is 0 Å². The van der Waals surface area contributed by atoms with Crippen LogP contribution in [0.1, 0.15) is 157 Å².